The van der Waals surface area contributed by atoms with Crippen LogP contribution in [0.15, 0.2) is 0 Å². The van der Waals surface area contributed by atoms with Crippen LogP contribution in [0.5, 0.6) is 0 Å². The van der Waals surface area contributed by atoms with Crippen LogP contribution in [0.25, 0.3) is 0 Å². The largest absolute Gasteiger partial charge is 0.336 e. The molecule has 0 spiro atoms. The summed E-state index contributed by atoms with van der Waals surface area (Å²) < 4.78 is 3.84. The molecular formula is C2N2OS. The molecule has 0 amide bonds. The van der Waals surface area contributed by atoms with E-state index in [1.807, 2.05) is 0 Å². The summed E-state index contributed by atoms with van der Waals surface area (Å²) in [6, 6.07) is 0. The minimum absolute atomic E-state index is 0.453. The summed E-state index contributed by atoms with van der Waals surface area (Å²) in [5.74, 6) is 0. The number of nitrogens with zero attached hydrogens (tertiary/aromatic N) is 2. The first-order chi connectivity index (χ1) is 2.91. The van der Waals surface area contributed by atoms with Gasteiger partial charge in [-0.2, -0.15) is 5.26 Å². The normalized spacial score (nSPS) is 5.00. The predicted octanol–water partition coefficient (Wildman–Crippen LogP) is 0.613. The van der Waals surface area contributed by atoms with Gasteiger partial charge in [0.2, 0.25) is 0 Å². The van der Waals surface area contributed by atoms with Crippen LogP contribution >= 0.6 is 12.0 Å². The summed E-state index contributed by atoms with van der Waals surface area (Å²) in [6.07, 6.45) is 1.31. The Hall–Kier alpha value is -0.870. The van der Waals surface area contributed by atoms with Gasteiger partial charge in [-0.1, -0.05) is 0 Å². The lowest BCUT2D eigenvalue weighted by Crippen LogP contribution is -1.53. The maximum atomic E-state index is 7.63. The van der Waals surface area contributed by atoms with Crippen molar-refractivity contribution in [2.75, 3.05) is 0 Å². The van der Waals surface area contributed by atoms with Crippen molar-refractivity contribution in [3.8, 4) is 11.7 Å². The molecule has 6 heavy (non-hydrogen) atoms. The fourth-order valence-corrected chi connectivity index (χ4v) is 0.112. The fourth-order valence-electron chi connectivity index (χ4n) is 0.0373. The Morgan fingerprint density at radius 1 is 1.50 bits per heavy atom. The van der Waals surface area contributed by atoms with Crippen LogP contribution in [0.4, 0.5) is 0 Å². The van der Waals surface area contributed by atoms with E-state index in [-0.39, 0.29) is 0 Å². The summed E-state index contributed by atoms with van der Waals surface area (Å²) in [4.78, 5) is 0. The average Bonchev–Trinajstić information content (AvgIpc) is 1.61. The van der Waals surface area contributed by atoms with Crippen molar-refractivity contribution in [3.63, 3.8) is 0 Å². The first-order valence-corrected chi connectivity index (χ1v) is 1.76. The van der Waals surface area contributed by atoms with E-state index < -0.39 is 0 Å². The molecule has 0 aromatic heterocycles. The first kappa shape index (κ1) is 5.13. The highest BCUT2D eigenvalue weighted by Gasteiger charge is 1.72. The topological polar surface area (TPSA) is 56.8 Å². The van der Waals surface area contributed by atoms with Gasteiger partial charge in [0.25, 0.3) is 0 Å². The van der Waals surface area contributed by atoms with Gasteiger partial charge in [0.15, 0.2) is 17.4 Å². The lowest BCUT2D eigenvalue weighted by molar-refractivity contribution is 0.601. The molecule has 30 valence electrons. The zero-order valence-electron chi connectivity index (χ0n) is 2.71. The van der Waals surface area contributed by atoms with E-state index in [9.17, 15) is 0 Å². The van der Waals surface area contributed by atoms with Crippen LogP contribution in [-0.4, -0.2) is 0 Å². The molecule has 0 rings (SSSR count). The third kappa shape index (κ3) is 3.13. The van der Waals surface area contributed by atoms with E-state index in [0.29, 0.717) is 12.0 Å². The average molecular weight is 100 g/mol. The highest BCUT2D eigenvalue weighted by molar-refractivity contribution is 7.99. The van der Waals surface area contributed by atoms with Crippen LogP contribution in [0.2, 0.25) is 0 Å². The van der Waals surface area contributed by atoms with Gasteiger partial charge >= 0.3 is 6.26 Å². The molecule has 0 radical (unpaired) electrons. The minimum Gasteiger partial charge on any atom is -0.336 e. The van der Waals surface area contributed by atoms with E-state index in [1.165, 1.54) is 6.26 Å². The van der Waals surface area contributed by atoms with Crippen LogP contribution in [0.1, 0.15) is 0 Å². The van der Waals surface area contributed by atoms with Gasteiger partial charge in [-0.05, 0) is 0 Å². The van der Waals surface area contributed by atoms with Crippen LogP contribution < -0.4 is 0 Å². The van der Waals surface area contributed by atoms with Gasteiger partial charge in [0.05, 0.1) is 0 Å². The Morgan fingerprint density at radius 3 is 2.33 bits per heavy atom. The summed E-state index contributed by atoms with van der Waals surface area (Å²) in [5, 5.41) is 16.7. The van der Waals surface area contributed by atoms with E-state index in [2.05, 4.69) is 4.18 Å². The Morgan fingerprint density at radius 2 is 2.17 bits per heavy atom. The molecule has 0 bridgehead atoms. The number of hydrogen-bond donors (Lipinski definition) is 0. The van der Waals surface area contributed by atoms with Gasteiger partial charge < -0.3 is 4.18 Å². The van der Waals surface area contributed by atoms with Crippen molar-refractivity contribution < 1.29 is 4.18 Å². The molecule has 0 fully saturated rings. The van der Waals surface area contributed by atoms with Crippen molar-refractivity contribution in [2.24, 2.45) is 0 Å². The fraction of sp³-hybridized carbons (Fsp3) is 0. The molecule has 0 aliphatic heterocycles. The highest BCUT2D eigenvalue weighted by atomic mass is 32.2. The SMILES string of the molecule is N#COSC#N. The summed E-state index contributed by atoms with van der Waals surface area (Å²) >= 11 is 0.453. The Kier molecular flexibility index (Phi) is 3.53. The molecule has 0 saturated heterocycles. The number of nitriles is 2. The second-order valence-corrected chi connectivity index (χ2v) is 0.865. The van der Waals surface area contributed by atoms with Crippen molar-refractivity contribution in [1.29, 1.82) is 10.5 Å². The van der Waals surface area contributed by atoms with Gasteiger partial charge in [-0.25, -0.2) is 0 Å². The Bertz CT molecular complexity index is 85.1. The van der Waals surface area contributed by atoms with Gasteiger partial charge in [-0.3, -0.25) is 0 Å². The third-order valence-electron chi connectivity index (χ3n) is 0.116. The van der Waals surface area contributed by atoms with Crippen molar-refractivity contribution >= 4 is 12.0 Å². The van der Waals surface area contributed by atoms with Crippen molar-refractivity contribution in [3.05, 3.63) is 0 Å². The zero-order chi connectivity index (χ0) is 4.83. The third-order valence-corrected chi connectivity index (χ3v) is 0.349. The lowest BCUT2D eigenvalue weighted by atomic mass is 11.6. The van der Waals surface area contributed by atoms with Crippen molar-refractivity contribution in [1.82, 2.24) is 0 Å². The molecule has 3 nitrogen and oxygen atoms in total. The maximum Gasteiger partial charge on any atom is 0.300 e. The Labute approximate surface area is 39.3 Å². The van der Waals surface area contributed by atoms with Gasteiger partial charge in [-0.15, -0.1) is 5.26 Å². The molecule has 0 atom stereocenters. The summed E-state index contributed by atoms with van der Waals surface area (Å²) in [6.45, 7) is 0. The van der Waals surface area contributed by atoms with Crippen LogP contribution in [0, 0.1) is 22.2 Å². The quantitative estimate of drug-likeness (QED) is 0.275. The molecule has 0 saturated carbocycles. The second kappa shape index (κ2) is 4.13. The van der Waals surface area contributed by atoms with E-state index in [1.54, 1.807) is 5.40 Å². The molecule has 0 aliphatic carbocycles. The molecule has 0 aromatic rings. The molecule has 0 unspecified atom stereocenters. The second-order valence-electron chi connectivity index (χ2n) is 0.349. The molecule has 4 heteroatoms. The number of rotatable bonds is 1. The maximum absolute atomic E-state index is 7.63. The summed E-state index contributed by atoms with van der Waals surface area (Å²) in [5.41, 5.74) is 0. The number of hydrogen-bond acceptors (Lipinski definition) is 4. The van der Waals surface area contributed by atoms with E-state index in [0.717, 1.165) is 0 Å². The highest BCUT2D eigenvalue weighted by Crippen LogP contribution is 1.93. The standard InChI is InChI=1S/C2N2OS/c3-1-5-6-2-4. The van der Waals surface area contributed by atoms with Gasteiger partial charge in [0.1, 0.15) is 0 Å². The lowest BCUT2D eigenvalue weighted by Gasteiger charge is -1.69. The molecular weight excluding hydrogens is 100 g/mol. The minimum atomic E-state index is 0.453. The summed E-state index contributed by atoms with van der Waals surface area (Å²) in [7, 11) is 0. The number of thiocyanates is 1. The molecule has 0 N–H and O–H groups in total. The van der Waals surface area contributed by atoms with Gasteiger partial charge in [0, 0.05) is 0 Å². The first-order valence-electron chi connectivity index (χ1n) is 1.02. The van der Waals surface area contributed by atoms with E-state index in [4.69, 9.17) is 10.5 Å². The predicted molar refractivity (Wildman–Crippen MR) is 19.9 cm³/mol. The zero-order valence-corrected chi connectivity index (χ0v) is 3.53. The van der Waals surface area contributed by atoms with E-state index >= 15 is 0 Å². The Balaban J connectivity index is 2.78. The van der Waals surface area contributed by atoms with Crippen molar-refractivity contribution in [2.45, 2.75) is 0 Å². The van der Waals surface area contributed by atoms with Crippen LogP contribution in [-0.2, 0) is 4.18 Å². The van der Waals surface area contributed by atoms with Crippen LogP contribution in [0.3, 0.4) is 0 Å². The molecule has 0 heterocycles. The molecule has 0 aliphatic rings. The molecule has 0 aromatic carbocycles. The smallest absolute Gasteiger partial charge is 0.300 e. The monoisotopic (exact) mass is 100.0 g/mol.